The van der Waals surface area contributed by atoms with E-state index in [4.69, 9.17) is 63.5 Å². The van der Waals surface area contributed by atoms with Crippen molar-refractivity contribution in [2.45, 2.75) is 64.1 Å². The number of halogens is 3. The SMILES string of the molecule is CC1=C(C(=O)Oc2cc(Cl)ccc2Oc2ccc(Cl)cc2Cl)O[C@@H]2OC3(C)CC[C@H]4[C@H](C)CC[C@@H]1[C@@]24OO3. The Hall–Kier alpha value is -2.00. The number of hydrogen-bond donors (Lipinski definition) is 0. The lowest BCUT2D eigenvalue weighted by Crippen LogP contribution is -2.67. The molecule has 4 fully saturated rings. The molecule has 4 heterocycles. The summed E-state index contributed by atoms with van der Waals surface area (Å²) in [6, 6.07) is 9.56. The molecule has 0 aromatic heterocycles. The minimum atomic E-state index is -0.955. The summed E-state index contributed by atoms with van der Waals surface area (Å²) in [5.74, 6) is -0.402. The monoisotopic (exact) mass is 580 g/mol. The quantitative estimate of drug-likeness (QED) is 0.207. The molecular formula is C28H27Cl3O7. The molecule has 4 aliphatic heterocycles. The van der Waals surface area contributed by atoms with Gasteiger partial charge in [0.1, 0.15) is 5.75 Å². The smallest absolute Gasteiger partial charge is 0.379 e. The van der Waals surface area contributed by atoms with Crippen LogP contribution in [0.3, 0.4) is 0 Å². The van der Waals surface area contributed by atoms with Crippen LogP contribution in [0.1, 0.15) is 46.5 Å². The predicted molar refractivity (Wildman–Crippen MR) is 140 cm³/mol. The molecule has 7 nitrogen and oxygen atoms in total. The summed E-state index contributed by atoms with van der Waals surface area (Å²) in [5.41, 5.74) is -0.0805. The summed E-state index contributed by atoms with van der Waals surface area (Å²) in [5, 5.41) is 1.14. The van der Waals surface area contributed by atoms with Crippen LogP contribution in [0.5, 0.6) is 17.2 Å². The van der Waals surface area contributed by atoms with Crippen molar-refractivity contribution in [1.82, 2.24) is 0 Å². The van der Waals surface area contributed by atoms with E-state index >= 15 is 0 Å². The summed E-state index contributed by atoms with van der Waals surface area (Å²) in [4.78, 5) is 25.6. The van der Waals surface area contributed by atoms with Crippen LogP contribution in [0, 0.1) is 17.8 Å². The molecule has 1 saturated carbocycles. The number of carbonyl (C=O) groups excluding carboxylic acids is 1. The molecule has 1 aliphatic carbocycles. The largest absolute Gasteiger partial charge is 0.454 e. The standard InChI is InChI=1S/C28H27Cl3O7/c1-14-4-7-19-15(2)24(35-26-28(19)18(14)10-11-27(3,36-26)37-38-28)25(32)34-23-13-17(30)6-9-22(23)33-21-8-5-16(29)12-20(21)31/h5-6,8-9,12-14,18-19,26H,4,7,10-11H2,1-3H3/t14-,18+,19+,26-,27?,28-/m1/s1. The van der Waals surface area contributed by atoms with Crippen LogP contribution in [0.25, 0.3) is 0 Å². The van der Waals surface area contributed by atoms with Crippen LogP contribution in [0.15, 0.2) is 47.7 Å². The first-order valence-corrected chi connectivity index (χ1v) is 13.8. The summed E-state index contributed by atoms with van der Waals surface area (Å²) < 4.78 is 24.4. The molecule has 202 valence electrons. The lowest BCUT2D eigenvalue weighted by atomic mass is 9.59. The van der Waals surface area contributed by atoms with E-state index in [0.29, 0.717) is 33.2 Å². The van der Waals surface area contributed by atoms with Gasteiger partial charge >= 0.3 is 5.97 Å². The molecule has 2 bridgehead atoms. The van der Waals surface area contributed by atoms with Crippen molar-refractivity contribution in [2.24, 2.45) is 17.8 Å². The average molecular weight is 582 g/mol. The van der Waals surface area contributed by atoms with E-state index in [0.717, 1.165) is 24.8 Å². The van der Waals surface area contributed by atoms with Crippen LogP contribution >= 0.6 is 34.8 Å². The Morgan fingerprint density at radius 2 is 1.71 bits per heavy atom. The van der Waals surface area contributed by atoms with Crippen LogP contribution in [-0.2, 0) is 24.0 Å². The molecule has 6 atom stereocenters. The summed E-state index contributed by atoms with van der Waals surface area (Å²) in [6.07, 6.45) is 2.56. The molecule has 2 aromatic carbocycles. The highest BCUT2D eigenvalue weighted by molar-refractivity contribution is 6.35. The van der Waals surface area contributed by atoms with Gasteiger partial charge in [-0.2, -0.15) is 0 Å². The molecule has 0 N–H and O–H groups in total. The van der Waals surface area contributed by atoms with Gasteiger partial charge in [0.2, 0.25) is 17.8 Å². The number of benzene rings is 2. The molecule has 0 radical (unpaired) electrons. The third-order valence-electron chi connectivity index (χ3n) is 8.23. The number of hydrogen-bond acceptors (Lipinski definition) is 7. The van der Waals surface area contributed by atoms with Crippen molar-refractivity contribution in [1.29, 1.82) is 0 Å². The van der Waals surface area contributed by atoms with Crippen molar-refractivity contribution in [3.05, 3.63) is 62.8 Å². The normalized spacial score (nSPS) is 33.7. The highest BCUT2D eigenvalue weighted by atomic mass is 35.5. The third-order valence-corrected chi connectivity index (χ3v) is 9.00. The fourth-order valence-electron chi connectivity index (χ4n) is 6.29. The van der Waals surface area contributed by atoms with Gasteiger partial charge in [0.15, 0.2) is 17.1 Å². The molecule has 0 amide bonds. The maximum absolute atomic E-state index is 13.6. The second kappa shape index (κ2) is 9.58. The first-order chi connectivity index (χ1) is 18.1. The number of ether oxygens (including phenoxy) is 4. The summed E-state index contributed by atoms with van der Waals surface area (Å²) in [6.45, 7) is 5.94. The Kier molecular flexibility index (Phi) is 6.61. The second-order valence-electron chi connectivity index (χ2n) is 10.6. The van der Waals surface area contributed by atoms with Gasteiger partial charge in [-0.1, -0.05) is 41.7 Å². The van der Waals surface area contributed by atoms with E-state index in [1.165, 1.54) is 6.07 Å². The van der Waals surface area contributed by atoms with Gasteiger partial charge in [0.25, 0.3) is 0 Å². The maximum atomic E-state index is 13.6. The molecule has 1 unspecified atom stereocenters. The van der Waals surface area contributed by atoms with Crippen molar-refractivity contribution in [2.75, 3.05) is 0 Å². The van der Waals surface area contributed by atoms with E-state index in [1.807, 2.05) is 13.8 Å². The van der Waals surface area contributed by atoms with Gasteiger partial charge in [-0.3, -0.25) is 0 Å². The zero-order chi connectivity index (χ0) is 26.8. The minimum Gasteiger partial charge on any atom is -0.454 e. The Labute approximate surface area is 235 Å². The first-order valence-electron chi connectivity index (χ1n) is 12.7. The molecule has 38 heavy (non-hydrogen) atoms. The molecule has 1 spiro atoms. The fourth-order valence-corrected chi connectivity index (χ4v) is 6.90. The highest BCUT2D eigenvalue weighted by Gasteiger charge is 2.68. The van der Waals surface area contributed by atoms with E-state index in [2.05, 4.69) is 6.92 Å². The van der Waals surface area contributed by atoms with E-state index in [1.54, 1.807) is 30.3 Å². The van der Waals surface area contributed by atoms with Crippen molar-refractivity contribution in [3.63, 3.8) is 0 Å². The molecule has 2 aromatic rings. The van der Waals surface area contributed by atoms with E-state index in [-0.39, 0.29) is 29.1 Å². The lowest BCUT2D eigenvalue weighted by Gasteiger charge is -2.56. The average Bonchev–Trinajstić information content (AvgIpc) is 3.10. The van der Waals surface area contributed by atoms with E-state index < -0.39 is 23.6 Å². The van der Waals surface area contributed by atoms with Gasteiger partial charge in [0, 0.05) is 34.4 Å². The molecule has 5 aliphatic rings. The number of rotatable bonds is 4. The van der Waals surface area contributed by atoms with Gasteiger partial charge in [0.05, 0.1) is 5.02 Å². The fraction of sp³-hybridized carbons (Fsp3) is 0.464. The maximum Gasteiger partial charge on any atom is 0.379 e. The van der Waals surface area contributed by atoms with Crippen LogP contribution in [-0.4, -0.2) is 23.6 Å². The van der Waals surface area contributed by atoms with Crippen LogP contribution in [0.2, 0.25) is 15.1 Å². The number of carbonyl (C=O) groups is 1. The van der Waals surface area contributed by atoms with Gasteiger partial charge in [-0.25, -0.2) is 14.6 Å². The topological polar surface area (TPSA) is 72.5 Å². The molecule has 10 heteroatoms. The second-order valence-corrected chi connectivity index (χ2v) is 11.9. The zero-order valence-corrected chi connectivity index (χ0v) is 23.4. The van der Waals surface area contributed by atoms with Gasteiger partial charge in [-0.15, -0.1) is 0 Å². The molecule has 3 saturated heterocycles. The molecular weight excluding hydrogens is 555 g/mol. The summed E-state index contributed by atoms with van der Waals surface area (Å²) >= 11 is 18.5. The van der Waals surface area contributed by atoms with Crippen molar-refractivity contribution < 1.29 is 33.5 Å². The predicted octanol–water partition coefficient (Wildman–Crippen LogP) is 7.86. The Bertz CT molecular complexity index is 1330. The highest BCUT2D eigenvalue weighted by Crippen LogP contribution is 2.60. The van der Waals surface area contributed by atoms with Crippen molar-refractivity contribution in [3.8, 4) is 17.2 Å². The minimum absolute atomic E-state index is 0.0918. The zero-order valence-electron chi connectivity index (χ0n) is 21.1. The van der Waals surface area contributed by atoms with Crippen LogP contribution < -0.4 is 9.47 Å². The van der Waals surface area contributed by atoms with Gasteiger partial charge < -0.3 is 18.9 Å². The van der Waals surface area contributed by atoms with E-state index in [9.17, 15) is 4.79 Å². The van der Waals surface area contributed by atoms with Crippen molar-refractivity contribution >= 4 is 40.8 Å². The lowest BCUT2D eigenvalue weighted by molar-refractivity contribution is -0.556. The first kappa shape index (κ1) is 26.2. The number of fused-ring (bicyclic) bond motifs is 2. The summed E-state index contributed by atoms with van der Waals surface area (Å²) in [7, 11) is 0. The Morgan fingerprint density at radius 1 is 0.974 bits per heavy atom. The Balaban J connectivity index is 1.32. The number of esters is 1. The Morgan fingerprint density at radius 3 is 2.47 bits per heavy atom. The third kappa shape index (κ3) is 4.28. The van der Waals surface area contributed by atoms with Gasteiger partial charge in [-0.05, 0) is 74.9 Å². The molecule has 7 rings (SSSR count). The van der Waals surface area contributed by atoms with Crippen LogP contribution in [0.4, 0.5) is 0 Å².